The van der Waals surface area contributed by atoms with Crippen LogP contribution in [-0.4, -0.2) is 31.6 Å². The van der Waals surface area contributed by atoms with Gasteiger partial charge in [-0.2, -0.15) is 13.2 Å². The van der Waals surface area contributed by atoms with Crippen molar-refractivity contribution < 1.29 is 17.9 Å². The monoisotopic (exact) mass is 514 g/mol. The van der Waals surface area contributed by atoms with Crippen molar-refractivity contribution in [3.05, 3.63) is 45.4 Å². The Balaban J connectivity index is 0.00000364. The van der Waals surface area contributed by atoms with Crippen molar-refractivity contribution >= 4 is 41.3 Å². The van der Waals surface area contributed by atoms with Crippen LogP contribution in [0.5, 0.6) is 5.75 Å². The summed E-state index contributed by atoms with van der Waals surface area (Å²) in [6.45, 7) is 2.51. The molecule has 0 unspecified atom stereocenters. The number of nitrogens with one attached hydrogen (secondary N) is 2. The van der Waals surface area contributed by atoms with Crippen LogP contribution in [-0.2, 0) is 19.1 Å². The predicted octanol–water partition coefficient (Wildman–Crippen LogP) is 4.00. The maximum Gasteiger partial charge on any atom is 0.416 e. The molecule has 0 atom stereocenters. The molecule has 2 rings (SSSR count). The number of halogens is 4. The average Bonchev–Trinajstić information content (AvgIpc) is 3.02. The first kappa shape index (κ1) is 23.5. The molecule has 5 nitrogen and oxygen atoms in total. The number of thiazole rings is 1. The van der Waals surface area contributed by atoms with Crippen molar-refractivity contribution in [2.45, 2.75) is 26.1 Å². The highest BCUT2D eigenvalue weighted by atomic mass is 127. The van der Waals surface area contributed by atoms with E-state index in [1.165, 1.54) is 19.2 Å². The Morgan fingerprint density at radius 1 is 1.30 bits per heavy atom. The summed E-state index contributed by atoms with van der Waals surface area (Å²) in [5, 5.41) is 8.97. The smallest absolute Gasteiger partial charge is 0.416 e. The normalized spacial score (nSPS) is 11.7. The van der Waals surface area contributed by atoms with Gasteiger partial charge < -0.3 is 15.4 Å². The topological polar surface area (TPSA) is 58.5 Å². The number of guanidine groups is 1. The summed E-state index contributed by atoms with van der Waals surface area (Å²) in [6.07, 6.45) is -3.74. The molecule has 0 amide bonds. The number of hydrogen-bond acceptors (Lipinski definition) is 4. The summed E-state index contributed by atoms with van der Waals surface area (Å²) in [5.41, 5.74) is 0.374. The fourth-order valence-corrected chi connectivity index (χ4v) is 2.98. The van der Waals surface area contributed by atoms with Crippen LogP contribution in [0, 0.1) is 6.92 Å². The molecular weight excluding hydrogens is 492 g/mol. The Kier molecular flexibility index (Phi) is 9.30. The lowest BCUT2D eigenvalue weighted by Crippen LogP contribution is -2.38. The zero-order valence-electron chi connectivity index (χ0n) is 15.2. The van der Waals surface area contributed by atoms with Gasteiger partial charge in [0.2, 0.25) is 0 Å². The fraction of sp³-hybridized carbons (Fsp3) is 0.412. The number of rotatable bonds is 6. The van der Waals surface area contributed by atoms with Crippen LogP contribution >= 0.6 is 35.3 Å². The van der Waals surface area contributed by atoms with Crippen LogP contribution in [0.3, 0.4) is 0 Å². The van der Waals surface area contributed by atoms with Gasteiger partial charge in [-0.25, -0.2) is 4.98 Å². The van der Waals surface area contributed by atoms with E-state index in [0.29, 0.717) is 18.9 Å². The van der Waals surface area contributed by atoms with Gasteiger partial charge in [0.25, 0.3) is 0 Å². The Hall–Kier alpha value is -1.56. The third-order valence-corrected chi connectivity index (χ3v) is 4.45. The lowest BCUT2D eigenvalue weighted by Gasteiger charge is -2.16. The highest BCUT2D eigenvalue weighted by Crippen LogP contribution is 2.34. The van der Waals surface area contributed by atoms with Gasteiger partial charge in [-0.1, -0.05) is 6.07 Å². The molecule has 0 spiro atoms. The molecule has 0 aliphatic rings. The number of aromatic nitrogens is 1. The van der Waals surface area contributed by atoms with Crippen molar-refractivity contribution in [3.8, 4) is 5.75 Å². The third-order valence-electron chi connectivity index (χ3n) is 3.63. The van der Waals surface area contributed by atoms with Crippen LogP contribution in [0.2, 0.25) is 0 Å². The second kappa shape index (κ2) is 10.7. The van der Waals surface area contributed by atoms with E-state index < -0.39 is 11.7 Å². The number of ether oxygens (including phenoxy) is 1. The molecule has 0 saturated heterocycles. The van der Waals surface area contributed by atoms with E-state index in [1.807, 2.05) is 12.3 Å². The van der Waals surface area contributed by atoms with Gasteiger partial charge in [0.1, 0.15) is 5.75 Å². The number of hydrogen-bond donors (Lipinski definition) is 2. The van der Waals surface area contributed by atoms with Crippen LogP contribution in [0.25, 0.3) is 0 Å². The Morgan fingerprint density at radius 2 is 2.04 bits per heavy atom. The summed E-state index contributed by atoms with van der Waals surface area (Å²) >= 11 is 1.58. The predicted molar refractivity (Wildman–Crippen MR) is 112 cm³/mol. The highest BCUT2D eigenvalue weighted by molar-refractivity contribution is 14.0. The molecule has 150 valence electrons. The maximum absolute atomic E-state index is 13.2. The van der Waals surface area contributed by atoms with E-state index in [9.17, 15) is 13.2 Å². The zero-order chi connectivity index (χ0) is 19.2. The van der Waals surface area contributed by atoms with Crippen molar-refractivity contribution in [1.29, 1.82) is 0 Å². The van der Waals surface area contributed by atoms with E-state index in [4.69, 9.17) is 4.74 Å². The quantitative estimate of drug-likeness (QED) is 0.348. The summed E-state index contributed by atoms with van der Waals surface area (Å²) < 4.78 is 44.6. The molecule has 1 heterocycles. The molecule has 2 N–H and O–H groups in total. The minimum absolute atomic E-state index is 0. The van der Waals surface area contributed by atoms with E-state index >= 15 is 0 Å². The molecule has 0 saturated carbocycles. The molecule has 1 aromatic carbocycles. The summed E-state index contributed by atoms with van der Waals surface area (Å²) in [6, 6.07) is 3.91. The molecule has 0 fully saturated rings. The van der Waals surface area contributed by atoms with Crippen LogP contribution in [0.4, 0.5) is 13.2 Å². The first-order valence-electron chi connectivity index (χ1n) is 7.93. The molecule has 27 heavy (non-hydrogen) atoms. The molecule has 0 bridgehead atoms. The molecule has 0 aliphatic carbocycles. The lowest BCUT2D eigenvalue weighted by atomic mass is 10.1. The Bertz CT molecular complexity index is 765. The number of alkyl halides is 3. The fourth-order valence-electron chi connectivity index (χ4n) is 2.33. The second-order valence-electron chi connectivity index (χ2n) is 5.48. The molecule has 0 radical (unpaired) electrons. The highest BCUT2D eigenvalue weighted by Gasteiger charge is 2.33. The van der Waals surface area contributed by atoms with Gasteiger partial charge in [0, 0.05) is 31.9 Å². The summed E-state index contributed by atoms with van der Waals surface area (Å²) in [4.78, 5) is 8.40. The average molecular weight is 514 g/mol. The molecule has 1 aromatic heterocycles. The maximum atomic E-state index is 13.2. The Morgan fingerprint density at radius 3 is 2.59 bits per heavy atom. The third kappa shape index (κ3) is 7.17. The first-order valence-corrected chi connectivity index (χ1v) is 8.81. The minimum atomic E-state index is -4.45. The number of benzene rings is 1. The van der Waals surface area contributed by atoms with Crippen molar-refractivity contribution in [1.82, 2.24) is 15.6 Å². The number of methoxy groups -OCH3 is 1. The van der Waals surface area contributed by atoms with E-state index in [-0.39, 0.29) is 41.8 Å². The minimum Gasteiger partial charge on any atom is -0.497 e. The number of aliphatic imine (C=N–C) groups is 1. The van der Waals surface area contributed by atoms with E-state index in [0.717, 1.165) is 16.8 Å². The first-order chi connectivity index (χ1) is 12.3. The van der Waals surface area contributed by atoms with Crippen LogP contribution < -0.4 is 15.4 Å². The molecule has 10 heteroatoms. The summed E-state index contributed by atoms with van der Waals surface area (Å²) in [7, 11) is 2.91. The van der Waals surface area contributed by atoms with E-state index in [2.05, 4.69) is 20.6 Å². The van der Waals surface area contributed by atoms with Crippen molar-refractivity contribution in [2.75, 3.05) is 20.7 Å². The van der Waals surface area contributed by atoms with Crippen molar-refractivity contribution in [3.63, 3.8) is 0 Å². The van der Waals surface area contributed by atoms with Gasteiger partial charge in [-0.3, -0.25) is 4.99 Å². The van der Waals surface area contributed by atoms with Crippen LogP contribution in [0.15, 0.2) is 28.6 Å². The van der Waals surface area contributed by atoms with Gasteiger partial charge in [0.05, 0.1) is 23.4 Å². The largest absolute Gasteiger partial charge is 0.497 e. The van der Waals surface area contributed by atoms with Crippen LogP contribution in [0.1, 0.15) is 21.8 Å². The molecule has 0 aliphatic heterocycles. The number of aryl methyl sites for hydroxylation is 1. The zero-order valence-corrected chi connectivity index (χ0v) is 18.3. The van der Waals surface area contributed by atoms with E-state index in [1.54, 1.807) is 18.4 Å². The van der Waals surface area contributed by atoms with Crippen molar-refractivity contribution in [2.24, 2.45) is 4.99 Å². The molecule has 2 aromatic rings. The van der Waals surface area contributed by atoms with Gasteiger partial charge in [0.15, 0.2) is 5.96 Å². The number of nitrogens with zero attached hydrogens (tertiary/aromatic N) is 2. The van der Waals surface area contributed by atoms with Gasteiger partial charge >= 0.3 is 6.18 Å². The Labute approximate surface area is 177 Å². The summed E-state index contributed by atoms with van der Waals surface area (Å²) in [5.74, 6) is 0.600. The lowest BCUT2D eigenvalue weighted by molar-refractivity contribution is -0.138. The van der Waals surface area contributed by atoms with Gasteiger partial charge in [-0.15, -0.1) is 35.3 Å². The second-order valence-corrected chi connectivity index (χ2v) is 6.54. The SMILES string of the molecule is CN=C(NCCc1csc(C)n1)NCc1ccc(OC)cc1C(F)(F)F.I. The van der Waals surface area contributed by atoms with Gasteiger partial charge in [-0.05, 0) is 24.6 Å². The standard InChI is InChI=1S/C17H21F3N4OS.HI/c1-11-24-13(10-26-11)6-7-22-16(21-2)23-9-12-4-5-14(25-3)8-15(12)17(18,19)20;/h4-5,8,10H,6-7,9H2,1-3H3,(H2,21,22,23);1H. The molecular formula is C17H22F3IN4OS.